The van der Waals surface area contributed by atoms with Gasteiger partial charge in [-0.15, -0.1) is 0 Å². The van der Waals surface area contributed by atoms with Gasteiger partial charge in [0.1, 0.15) is 11.4 Å². The lowest BCUT2D eigenvalue weighted by Crippen LogP contribution is -2.40. The summed E-state index contributed by atoms with van der Waals surface area (Å²) in [6.45, 7) is 5.56. The van der Waals surface area contributed by atoms with Gasteiger partial charge in [0.2, 0.25) is 0 Å². The predicted molar refractivity (Wildman–Crippen MR) is 69.3 cm³/mol. The Morgan fingerprint density at radius 1 is 1.44 bits per heavy atom. The molecule has 6 heteroatoms. The maximum Gasteiger partial charge on any atom is 0.422 e. The van der Waals surface area contributed by atoms with Crippen molar-refractivity contribution in [2.45, 2.75) is 32.9 Å². The lowest BCUT2D eigenvalue weighted by Gasteiger charge is -2.19. The van der Waals surface area contributed by atoms with Crippen molar-refractivity contribution in [2.75, 3.05) is 0 Å². The molecule has 0 spiro atoms. The second-order valence-corrected chi connectivity index (χ2v) is 5.14. The molecule has 0 aliphatic carbocycles. The molecule has 18 heavy (non-hydrogen) atoms. The molecule has 0 unspecified atom stereocenters. The van der Waals surface area contributed by atoms with Crippen LogP contribution in [0.25, 0.3) is 0 Å². The molecule has 1 amide bonds. The first kappa shape index (κ1) is 14.6. The van der Waals surface area contributed by atoms with Crippen LogP contribution >= 0.6 is 11.6 Å². The molecule has 1 aromatic rings. The minimum Gasteiger partial charge on any atom is -0.506 e. The monoisotopic (exact) mass is 272 g/mol. The molecular weight excluding hydrogens is 256 g/mol. The number of phenolic OH excluding ortho intramolecular Hbond substituents is 1. The van der Waals surface area contributed by atoms with Crippen LogP contribution in [0.4, 0.5) is 4.79 Å². The summed E-state index contributed by atoms with van der Waals surface area (Å²) in [5.41, 5.74) is 5.05. The molecule has 0 saturated heterocycles. The first-order valence-corrected chi connectivity index (χ1v) is 5.85. The third-order valence-electron chi connectivity index (χ3n) is 1.94. The van der Waals surface area contributed by atoms with Crippen LogP contribution in [0.5, 0.6) is 5.75 Å². The summed E-state index contributed by atoms with van der Waals surface area (Å²) in [7, 11) is 0. The molecule has 0 heterocycles. The molecular formula is C12H17ClN2O3. The number of nitrogens with one attached hydrogen (secondary N) is 2. The summed E-state index contributed by atoms with van der Waals surface area (Å²) in [5, 5.41) is 9.90. The number of rotatable bonds is 3. The van der Waals surface area contributed by atoms with E-state index in [0.29, 0.717) is 5.56 Å². The highest BCUT2D eigenvalue weighted by molar-refractivity contribution is 6.32. The van der Waals surface area contributed by atoms with Gasteiger partial charge in [-0.2, -0.15) is 0 Å². The largest absolute Gasteiger partial charge is 0.506 e. The average molecular weight is 273 g/mol. The number of hydrogen-bond donors (Lipinski definition) is 3. The lowest BCUT2D eigenvalue weighted by molar-refractivity contribution is 0.0496. The Hall–Kier alpha value is -1.46. The van der Waals surface area contributed by atoms with Gasteiger partial charge in [-0.1, -0.05) is 23.7 Å². The van der Waals surface area contributed by atoms with Crippen LogP contribution in [0.3, 0.4) is 0 Å². The molecule has 0 aromatic heterocycles. The molecule has 5 nitrogen and oxygen atoms in total. The number of hydrazine groups is 1. The Bertz CT molecular complexity index is 430. The maximum atomic E-state index is 11.3. The molecule has 0 bridgehead atoms. The topological polar surface area (TPSA) is 70.6 Å². The van der Waals surface area contributed by atoms with E-state index in [1.165, 1.54) is 0 Å². The van der Waals surface area contributed by atoms with E-state index in [1.54, 1.807) is 39.0 Å². The second kappa shape index (κ2) is 5.93. The third kappa shape index (κ3) is 4.81. The molecule has 0 atom stereocenters. The number of benzene rings is 1. The predicted octanol–water partition coefficient (Wildman–Crippen LogP) is 2.57. The van der Waals surface area contributed by atoms with E-state index < -0.39 is 11.7 Å². The van der Waals surface area contributed by atoms with Gasteiger partial charge in [0.15, 0.2) is 0 Å². The normalized spacial score (nSPS) is 11.1. The van der Waals surface area contributed by atoms with Crippen molar-refractivity contribution in [3.8, 4) is 5.75 Å². The zero-order valence-electron chi connectivity index (χ0n) is 10.6. The quantitative estimate of drug-likeness (QED) is 0.740. The van der Waals surface area contributed by atoms with Crippen molar-refractivity contribution >= 4 is 17.7 Å². The summed E-state index contributed by atoms with van der Waals surface area (Å²) in [6, 6.07) is 5.00. The number of para-hydroxylation sites is 1. The number of halogens is 1. The highest BCUT2D eigenvalue weighted by Gasteiger charge is 2.15. The molecule has 0 aliphatic heterocycles. The fraction of sp³-hybridized carbons (Fsp3) is 0.417. The molecule has 1 rings (SSSR count). The van der Waals surface area contributed by atoms with Crippen LogP contribution in [-0.2, 0) is 11.3 Å². The van der Waals surface area contributed by atoms with Crippen LogP contribution in [-0.4, -0.2) is 16.8 Å². The van der Waals surface area contributed by atoms with Crippen LogP contribution in [0, 0.1) is 0 Å². The van der Waals surface area contributed by atoms with Crippen molar-refractivity contribution in [3.63, 3.8) is 0 Å². The van der Waals surface area contributed by atoms with Gasteiger partial charge >= 0.3 is 6.09 Å². The Balaban J connectivity index is 2.43. The Kier molecular flexibility index (Phi) is 4.81. The molecule has 100 valence electrons. The standard InChI is InChI=1S/C12H17ClN2O3/c1-12(2,3)18-11(17)15-14-7-8-5-4-6-9(13)10(8)16/h4-6,14,16H,7H2,1-3H3,(H,15,17). The number of amides is 1. The number of aromatic hydroxyl groups is 1. The number of carbonyl (C=O) groups is 1. The van der Waals surface area contributed by atoms with E-state index in [4.69, 9.17) is 16.3 Å². The van der Waals surface area contributed by atoms with Crippen LogP contribution in [0.2, 0.25) is 5.02 Å². The van der Waals surface area contributed by atoms with Crippen molar-refractivity contribution in [3.05, 3.63) is 28.8 Å². The van der Waals surface area contributed by atoms with Gasteiger partial charge in [-0.3, -0.25) is 5.43 Å². The van der Waals surface area contributed by atoms with E-state index >= 15 is 0 Å². The Morgan fingerprint density at radius 2 is 2.11 bits per heavy atom. The summed E-state index contributed by atoms with van der Waals surface area (Å²) in [4.78, 5) is 11.3. The number of ether oxygens (including phenoxy) is 1. The lowest BCUT2D eigenvalue weighted by atomic mass is 10.2. The maximum absolute atomic E-state index is 11.3. The molecule has 0 fully saturated rings. The van der Waals surface area contributed by atoms with Gasteiger partial charge in [0, 0.05) is 12.1 Å². The van der Waals surface area contributed by atoms with Crippen molar-refractivity contribution < 1.29 is 14.6 Å². The SMILES string of the molecule is CC(C)(C)OC(=O)NNCc1cccc(Cl)c1O. The molecule has 3 N–H and O–H groups in total. The van der Waals surface area contributed by atoms with Crippen molar-refractivity contribution in [1.82, 2.24) is 10.9 Å². The minimum absolute atomic E-state index is 0.00217. The minimum atomic E-state index is -0.580. The van der Waals surface area contributed by atoms with Crippen LogP contribution in [0.15, 0.2) is 18.2 Å². The molecule has 1 aromatic carbocycles. The van der Waals surface area contributed by atoms with Crippen molar-refractivity contribution in [2.24, 2.45) is 0 Å². The van der Waals surface area contributed by atoms with Crippen LogP contribution in [0.1, 0.15) is 26.3 Å². The van der Waals surface area contributed by atoms with E-state index in [9.17, 15) is 9.90 Å². The van der Waals surface area contributed by atoms with Gasteiger partial charge in [-0.25, -0.2) is 10.2 Å². The molecule has 0 aliphatic rings. The van der Waals surface area contributed by atoms with E-state index in [-0.39, 0.29) is 17.3 Å². The Labute approximate surface area is 111 Å². The van der Waals surface area contributed by atoms with Gasteiger partial charge in [0.25, 0.3) is 0 Å². The summed E-state index contributed by atoms with van der Waals surface area (Å²) >= 11 is 5.75. The highest BCUT2D eigenvalue weighted by atomic mass is 35.5. The summed E-state index contributed by atoms with van der Waals surface area (Å²) in [5.74, 6) is -0.00217. The highest BCUT2D eigenvalue weighted by Crippen LogP contribution is 2.26. The van der Waals surface area contributed by atoms with Crippen molar-refractivity contribution in [1.29, 1.82) is 0 Å². The van der Waals surface area contributed by atoms with E-state index in [0.717, 1.165) is 0 Å². The summed E-state index contributed by atoms with van der Waals surface area (Å²) < 4.78 is 5.03. The van der Waals surface area contributed by atoms with Gasteiger partial charge in [-0.05, 0) is 26.8 Å². The number of carbonyl (C=O) groups excluding carboxylic acids is 1. The number of hydrogen-bond acceptors (Lipinski definition) is 4. The fourth-order valence-electron chi connectivity index (χ4n) is 1.22. The zero-order valence-corrected chi connectivity index (χ0v) is 11.3. The molecule has 0 radical (unpaired) electrons. The first-order valence-electron chi connectivity index (χ1n) is 5.48. The van der Waals surface area contributed by atoms with E-state index in [2.05, 4.69) is 10.9 Å². The van der Waals surface area contributed by atoms with Crippen LogP contribution < -0.4 is 10.9 Å². The second-order valence-electron chi connectivity index (χ2n) is 4.73. The zero-order chi connectivity index (χ0) is 13.8. The Morgan fingerprint density at radius 3 is 2.72 bits per heavy atom. The van der Waals surface area contributed by atoms with Gasteiger partial charge in [0.05, 0.1) is 5.02 Å². The average Bonchev–Trinajstić information content (AvgIpc) is 2.21. The first-order chi connectivity index (χ1) is 8.29. The summed E-state index contributed by atoms with van der Waals surface area (Å²) in [6.07, 6.45) is -0.580. The number of phenols is 1. The third-order valence-corrected chi connectivity index (χ3v) is 2.24. The molecule has 0 saturated carbocycles. The van der Waals surface area contributed by atoms with E-state index in [1.807, 2.05) is 0 Å². The van der Waals surface area contributed by atoms with Gasteiger partial charge < -0.3 is 9.84 Å². The smallest absolute Gasteiger partial charge is 0.422 e. The fourth-order valence-corrected chi connectivity index (χ4v) is 1.41.